The Kier molecular flexibility index (Phi) is 5.35. The number of hydrogen-bond acceptors (Lipinski definition) is 7. The summed E-state index contributed by atoms with van der Waals surface area (Å²) in [5.41, 5.74) is 1.57. The third kappa shape index (κ3) is 4.12. The van der Waals surface area contributed by atoms with Gasteiger partial charge in [0.1, 0.15) is 5.82 Å². The molecule has 2 aromatic rings. The van der Waals surface area contributed by atoms with Gasteiger partial charge in [-0.3, -0.25) is 9.69 Å². The Bertz CT molecular complexity index is 779. The maximum Gasteiger partial charge on any atom is 0.257 e. The van der Waals surface area contributed by atoms with Crippen LogP contribution < -0.4 is 4.90 Å². The molecule has 0 saturated carbocycles. The fraction of sp³-hybridized carbons (Fsp3) is 0.526. The Labute approximate surface area is 158 Å². The summed E-state index contributed by atoms with van der Waals surface area (Å²) in [7, 11) is 0. The number of aromatic nitrogens is 2. The van der Waals surface area contributed by atoms with E-state index in [-0.39, 0.29) is 5.91 Å². The fourth-order valence-electron chi connectivity index (χ4n) is 3.58. The van der Waals surface area contributed by atoms with Crippen LogP contribution in [0.2, 0.25) is 0 Å². The number of piperazine rings is 1. The van der Waals surface area contributed by atoms with E-state index in [2.05, 4.69) is 19.9 Å². The predicted molar refractivity (Wildman–Crippen MR) is 99.7 cm³/mol. The molecule has 8 heteroatoms. The smallest absolute Gasteiger partial charge is 0.257 e. The number of nitrogens with zero attached hydrogens (tertiary/aromatic N) is 5. The lowest BCUT2D eigenvalue weighted by Crippen LogP contribution is -2.48. The van der Waals surface area contributed by atoms with Crippen LogP contribution in [0.15, 0.2) is 28.9 Å². The molecular weight excluding hydrogens is 346 g/mol. The normalized spacial score (nSPS) is 18.7. The summed E-state index contributed by atoms with van der Waals surface area (Å²) in [4.78, 5) is 23.9. The van der Waals surface area contributed by atoms with Crippen LogP contribution >= 0.6 is 0 Å². The quantitative estimate of drug-likeness (QED) is 0.799. The van der Waals surface area contributed by atoms with Gasteiger partial charge in [-0.2, -0.15) is 0 Å². The van der Waals surface area contributed by atoms with Gasteiger partial charge in [-0.25, -0.2) is 4.98 Å². The van der Waals surface area contributed by atoms with Crippen LogP contribution in [-0.4, -0.2) is 78.3 Å². The number of pyridine rings is 1. The molecule has 0 radical (unpaired) electrons. The van der Waals surface area contributed by atoms with E-state index in [9.17, 15) is 4.79 Å². The molecule has 0 atom stereocenters. The van der Waals surface area contributed by atoms with E-state index in [1.807, 2.05) is 30.0 Å². The second-order valence-electron chi connectivity index (χ2n) is 6.98. The first kappa shape index (κ1) is 17.9. The van der Waals surface area contributed by atoms with E-state index in [0.29, 0.717) is 31.9 Å². The minimum atomic E-state index is 0.0553. The zero-order chi connectivity index (χ0) is 18.6. The Hall–Kier alpha value is -2.45. The van der Waals surface area contributed by atoms with E-state index in [1.165, 1.54) is 0 Å². The molecule has 2 aliphatic heterocycles. The lowest BCUT2D eigenvalue weighted by molar-refractivity contribution is 0.0616. The van der Waals surface area contributed by atoms with Crippen molar-refractivity contribution in [1.29, 1.82) is 0 Å². The fourth-order valence-corrected chi connectivity index (χ4v) is 3.58. The second kappa shape index (κ2) is 8.06. The number of rotatable bonds is 4. The number of anilines is 1. The molecule has 0 unspecified atom stereocenters. The standard InChI is InChI=1S/C19H25N5O3/c1-15-13-16(27-21-15)14-22-5-7-24(8-6-22)19(25)17-3-2-4-20-18(17)23-9-11-26-12-10-23/h2-4,13H,5-12,14H2,1H3. The van der Waals surface area contributed by atoms with Crippen molar-refractivity contribution < 1.29 is 14.1 Å². The van der Waals surface area contributed by atoms with Crippen molar-refractivity contribution in [3.63, 3.8) is 0 Å². The van der Waals surface area contributed by atoms with Gasteiger partial charge >= 0.3 is 0 Å². The van der Waals surface area contributed by atoms with Gasteiger partial charge in [-0.15, -0.1) is 0 Å². The lowest BCUT2D eigenvalue weighted by atomic mass is 10.1. The molecule has 144 valence electrons. The second-order valence-corrected chi connectivity index (χ2v) is 6.98. The molecule has 1 amide bonds. The summed E-state index contributed by atoms with van der Waals surface area (Å²) in [5, 5.41) is 3.93. The van der Waals surface area contributed by atoms with Gasteiger partial charge in [0, 0.05) is 51.5 Å². The minimum absolute atomic E-state index is 0.0553. The molecule has 0 N–H and O–H groups in total. The molecule has 2 saturated heterocycles. The van der Waals surface area contributed by atoms with E-state index in [4.69, 9.17) is 9.26 Å². The summed E-state index contributed by atoms with van der Waals surface area (Å²) >= 11 is 0. The number of amides is 1. The van der Waals surface area contributed by atoms with Crippen molar-refractivity contribution in [1.82, 2.24) is 19.9 Å². The van der Waals surface area contributed by atoms with Gasteiger partial charge in [-0.05, 0) is 19.1 Å². The third-order valence-electron chi connectivity index (χ3n) is 5.04. The molecule has 0 spiro atoms. The first-order valence-corrected chi connectivity index (χ1v) is 9.42. The van der Waals surface area contributed by atoms with Crippen molar-refractivity contribution in [3.05, 3.63) is 41.4 Å². The Morgan fingerprint density at radius 3 is 2.63 bits per heavy atom. The van der Waals surface area contributed by atoms with Crippen LogP contribution in [0, 0.1) is 6.92 Å². The minimum Gasteiger partial charge on any atom is -0.378 e. The summed E-state index contributed by atoms with van der Waals surface area (Å²) in [6.45, 7) is 8.56. The van der Waals surface area contributed by atoms with Crippen molar-refractivity contribution in [3.8, 4) is 0 Å². The zero-order valence-electron chi connectivity index (χ0n) is 15.6. The molecule has 0 aliphatic carbocycles. The maximum absolute atomic E-state index is 13.1. The van der Waals surface area contributed by atoms with Gasteiger partial charge in [0.25, 0.3) is 5.91 Å². The molecule has 27 heavy (non-hydrogen) atoms. The molecule has 2 aromatic heterocycles. The molecule has 8 nitrogen and oxygen atoms in total. The Morgan fingerprint density at radius 2 is 1.93 bits per heavy atom. The number of carbonyl (C=O) groups is 1. The van der Waals surface area contributed by atoms with Gasteiger partial charge in [0.15, 0.2) is 5.76 Å². The van der Waals surface area contributed by atoms with Gasteiger partial charge in [0.2, 0.25) is 0 Å². The Balaban J connectivity index is 1.39. The van der Waals surface area contributed by atoms with Crippen molar-refractivity contribution in [2.45, 2.75) is 13.5 Å². The average Bonchev–Trinajstić information content (AvgIpc) is 3.13. The van der Waals surface area contributed by atoms with E-state index < -0.39 is 0 Å². The zero-order valence-corrected chi connectivity index (χ0v) is 15.6. The summed E-state index contributed by atoms with van der Waals surface area (Å²) in [5.74, 6) is 1.69. The maximum atomic E-state index is 13.1. The van der Waals surface area contributed by atoms with E-state index in [1.54, 1.807) is 6.20 Å². The molecule has 0 aromatic carbocycles. The third-order valence-corrected chi connectivity index (χ3v) is 5.04. The molecule has 4 rings (SSSR count). The van der Waals surface area contributed by atoms with Crippen LogP contribution in [0.4, 0.5) is 5.82 Å². The summed E-state index contributed by atoms with van der Waals surface area (Å²) in [6.07, 6.45) is 1.75. The summed E-state index contributed by atoms with van der Waals surface area (Å²) in [6, 6.07) is 5.67. The largest absolute Gasteiger partial charge is 0.378 e. The van der Waals surface area contributed by atoms with Crippen LogP contribution in [0.5, 0.6) is 0 Å². The van der Waals surface area contributed by atoms with Crippen LogP contribution in [0.3, 0.4) is 0 Å². The van der Waals surface area contributed by atoms with Gasteiger partial charge < -0.3 is 19.1 Å². The average molecular weight is 371 g/mol. The number of carbonyl (C=O) groups excluding carboxylic acids is 1. The van der Waals surface area contributed by atoms with Crippen LogP contribution in [0.1, 0.15) is 21.8 Å². The molecular formula is C19H25N5O3. The molecule has 2 aliphatic rings. The number of ether oxygens (including phenoxy) is 1. The Morgan fingerprint density at radius 1 is 1.15 bits per heavy atom. The highest BCUT2D eigenvalue weighted by atomic mass is 16.5. The first-order chi connectivity index (χ1) is 13.2. The van der Waals surface area contributed by atoms with Crippen LogP contribution in [0.25, 0.3) is 0 Å². The number of hydrogen-bond donors (Lipinski definition) is 0. The van der Waals surface area contributed by atoms with Crippen molar-refractivity contribution in [2.24, 2.45) is 0 Å². The van der Waals surface area contributed by atoms with Gasteiger partial charge in [-0.1, -0.05) is 5.16 Å². The van der Waals surface area contributed by atoms with Crippen molar-refractivity contribution in [2.75, 3.05) is 57.4 Å². The number of morpholine rings is 1. The highest BCUT2D eigenvalue weighted by Crippen LogP contribution is 2.21. The highest BCUT2D eigenvalue weighted by molar-refractivity contribution is 5.99. The van der Waals surface area contributed by atoms with E-state index in [0.717, 1.165) is 50.0 Å². The molecule has 0 bridgehead atoms. The molecule has 2 fully saturated rings. The predicted octanol–water partition coefficient (Wildman–Crippen LogP) is 1.17. The number of aryl methyl sites for hydroxylation is 1. The lowest BCUT2D eigenvalue weighted by Gasteiger charge is -2.35. The molecule has 4 heterocycles. The SMILES string of the molecule is Cc1cc(CN2CCN(C(=O)c3cccnc3N3CCOCC3)CC2)on1. The highest BCUT2D eigenvalue weighted by Gasteiger charge is 2.26. The van der Waals surface area contributed by atoms with E-state index >= 15 is 0 Å². The van der Waals surface area contributed by atoms with Crippen LogP contribution in [-0.2, 0) is 11.3 Å². The summed E-state index contributed by atoms with van der Waals surface area (Å²) < 4.78 is 10.7. The topological polar surface area (TPSA) is 74.9 Å². The van der Waals surface area contributed by atoms with Crippen molar-refractivity contribution >= 4 is 11.7 Å². The monoisotopic (exact) mass is 371 g/mol. The van der Waals surface area contributed by atoms with Gasteiger partial charge in [0.05, 0.1) is 31.0 Å². The first-order valence-electron chi connectivity index (χ1n) is 9.42.